The Labute approximate surface area is 106 Å². The van der Waals surface area contributed by atoms with Gasteiger partial charge in [-0.25, -0.2) is 0 Å². The second kappa shape index (κ2) is 6.38. The van der Waals surface area contributed by atoms with Crippen LogP contribution in [0.4, 0.5) is 0 Å². The maximum absolute atomic E-state index is 6.26. The zero-order chi connectivity index (χ0) is 12.1. The van der Waals surface area contributed by atoms with Crippen LogP contribution < -0.4 is 5.73 Å². The molecule has 90 valence electrons. The highest BCUT2D eigenvalue weighted by Gasteiger charge is 2.17. The molecule has 0 aliphatic heterocycles. The average Bonchev–Trinajstić information content (AvgIpc) is 2.28. The van der Waals surface area contributed by atoms with Crippen molar-refractivity contribution in [2.75, 3.05) is 13.7 Å². The summed E-state index contributed by atoms with van der Waals surface area (Å²) in [4.78, 5) is 0. The summed E-state index contributed by atoms with van der Waals surface area (Å²) >= 11 is 3.56. The number of aryl methyl sites for hydroxylation is 1. The number of nitrogens with two attached hydrogens (primary N) is 1. The van der Waals surface area contributed by atoms with Crippen molar-refractivity contribution in [1.29, 1.82) is 0 Å². The van der Waals surface area contributed by atoms with Crippen molar-refractivity contribution in [3.05, 3.63) is 33.8 Å². The number of hydrogen-bond acceptors (Lipinski definition) is 2. The van der Waals surface area contributed by atoms with Gasteiger partial charge in [0.05, 0.1) is 0 Å². The summed E-state index contributed by atoms with van der Waals surface area (Å²) in [6.07, 6.45) is 0.984. The molecule has 1 aromatic rings. The largest absolute Gasteiger partial charge is 0.385 e. The van der Waals surface area contributed by atoms with Crippen LogP contribution in [0, 0.1) is 12.8 Å². The van der Waals surface area contributed by atoms with Crippen molar-refractivity contribution < 1.29 is 4.74 Å². The Balaban J connectivity index is 2.78. The highest BCUT2D eigenvalue weighted by molar-refractivity contribution is 9.10. The minimum absolute atomic E-state index is 0.0597. The predicted octanol–water partition coefficient (Wildman–Crippen LogP) is 3.43. The highest BCUT2D eigenvalue weighted by atomic mass is 79.9. The van der Waals surface area contributed by atoms with E-state index in [0.717, 1.165) is 17.5 Å². The van der Waals surface area contributed by atoms with Crippen LogP contribution in [0.15, 0.2) is 22.7 Å². The predicted molar refractivity (Wildman–Crippen MR) is 71.5 cm³/mol. The molecule has 0 radical (unpaired) electrons. The molecule has 1 rings (SSSR count). The minimum Gasteiger partial charge on any atom is -0.385 e. The maximum Gasteiger partial charge on any atom is 0.0465 e. The zero-order valence-corrected chi connectivity index (χ0v) is 11.8. The summed E-state index contributed by atoms with van der Waals surface area (Å²) < 4.78 is 6.18. The third-order valence-electron chi connectivity index (χ3n) is 2.90. The number of ether oxygens (including phenoxy) is 1. The van der Waals surface area contributed by atoms with Gasteiger partial charge in [0.1, 0.15) is 0 Å². The fraction of sp³-hybridized carbons (Fsp3) is 0.538. The molecule has 2 nitrogen and oxygen atoms in total. The van der Waals surface area contributed by atoms with E-state index in [4.69, 9.17) is 10.5 Å². The second-order valence-corrected chi connectivity index (χ2v) is 5.16. The van der Waals surface area contributed by atoms with Gasteiger partial charge in [-0.05, 0) is 30.9 Å². The minimum atomic E-state index is 0.0597. The van der Waals surface area contributed by atoms with E-state index in [1.165, 1.54) is 11.1 Å². The number of methoxy groups -OCH3 is 1. The molecule has 0 saturated heterocycles. The molecule has 0 spiro atoms. The third-order valence-corrected chi connectivity index (χ3v) is 3.62. The van der Waals surface area contributed by atoms with Crippen LogP contribution in [0.25, 0.3) is 0 Å². The van der Waals surface area contributed by atoms with E-state index >= 15 is 0 Å². The van der Waals surface area contributed by atoms with Crippen LogP contribution in [0.2, 0.25) is 0 Å². The number of halogens is 1. The van der Waals surface area contributed by atoms with E-state index in [1.807, 2.05) is 0 Å². The summed E-state index contributed by atoms with van der Waals surface area (Å²) in [6.45, 7) is 5.01. The summed E-state index contributed by atoms with van der Waals surface area (Å²) in [5.41, 5.74) is 8.69. The van der Waals surface area contributed by atoms with Crippen LogP contribution in [0.5, 0.6) is 0 Å². The molecule has 0 saturated carbocycles. The molecule has 3 heteroatoms. The van der Waals surface area contributed by atoms with Crippen LogP contribution >= 0.6 is 15.9 Å². The Morgan fingerprint density at radius 2 is 2.12 bits per heavy atom. The Kier molecular flexibility index (Phi) is 5.46. The fourth-order valence-electron chi connectivity index (χ4n) is 1.71. The summed E-state index contributed by atoms with van der Waals surface area (Å²) in [5, 5.41) is 0. The van der Waals surface area contributed by atoms with Crippen LogP contribution in [0.3, 0.4) is 0 Å². The second-order valence-electron chi connectivity index (χ2n) is 4.31. The standard InChI is InChI=1S/C13H20BrNO/c1-9-4-5-12(14)11(8-9)13(15)10(2)6-7-16-3/h4-5,8,10,13H,6-7,15H2,1-3H3. The van der Waals surface area contributed by atoms with E-state index in [9.17, 15) is 0 Å². The van der Waals surface area contributed by atoms with Gasteiger partial charge in [0, 0.05) is 24.2 Å². The molecule has 0 bridgehead atoms. The summed E-state index contributed by atoms with van der Waals surface area (Å²) in [7, 11) is 1.72. The van der Waals surface area contributed by atoms with Gasteiger partial charge >= 0.3 is 0 Å². The van der Waals surface area contributed by atoms with Crippen molar-refractivity contribution >= 4 is 15.9 Å². The van der Waals surface area contributed by atoms with Crippen molar-refractivity contribution in [2.45, 2.75) is 26.3 Å². The maximum atomic E-state index is 6.26. The van der Waals surface area contributed by atoms with Gasteiger partial charge < -0.3 is 10.5 Å². The Morgan fingerprint density at radius 3 is 2.75 bits per heavy atom. The molecule has 0 aromatic heterocycles. The smallest absolute Gasteiger partial charge is 0.0465 e. The van der Waals surface area contributed by atoms with Crippen molar-refractivity contribution in [3.8, 4) is 0 Å². The van der Waals surface area contributed by atoms with Crippen LogP contribution in [-0.2, 0) is 4.74 Å². The first-order valence-electron chi connectivity index (χ1n) is 5.56. The average molecular weight is 286 g/mol. The van der Waals surface area contributed by atoms with Crippen LogP contribution in [-0.4, -0.2) is 13.7 Å². The third kappa shape index (κ3) is 3.58. The Morgan fingerprint density at radius 1 is 1.44 bits per heavy atom. The molecule has 2 atom stereocenters. The van der Waals surface area contributed by atoms with Crippen molar-refractivity contribution in [3.63, 3.8) is 0 Å². The van der Waals surface area contributed by atoms with E-state index in [2.05, 4.69) is 48.0 Å². The van der Waals surface area contributed by atoms with Gasteiger partial charge in [0.2, 0.25) is 0 Å². The van der Waals surface area contributed by atoms with E-state index in [-0.39, 0.29) is 6.04 Å². The highest BCUT2D eigenvalue weighted by Crippen LogP contribution is 2.29. The molecule has 2 unspecified atom stereocenters. The molecule has 0 amide bonds. The molecule has 0 aliphatic rings. The molecule has 1 aromatic carbocycles. The molecular weight excluding hydrogens is 266 g/mol. The summed E-state index contributed by atoms with van der Waals surface area (Å²) in [5.74, 6) is 0.415. The first-order valence-corrected chi connectivity index (χ1v) is 6.36. The SMILES string of the molecule is COCCC(C)C(N)c1cc(C)ccc1Br. The lowest BCUT2D eigenvalue weighted by atomic mass is 9.92. The van der Waals surface area contributed by atoms with Gasteiger partial charge in [-0.2, -0.15) is 0 Å². The van der Waals surface area contributed by atoms with Crippen LogP contribution in [0.1, 0.15) is 30.5 Å². The number of rotatable bonds is 5. The Bertz CT molecular complexity index is 341. The lowest BCUT2D eigenvalue weighted by Crippen LogP contribution is -2.21. The monoisotopic (exact) mass is 285 g/mol. The molecule has 0 heterocycles. The molecule has 2 N–H and O–H groups in total. The first-order chi connectivity index (χ1) is 7.56. The van der Waals surface area contributed by atoms with Crippen molar-refractivity contribution in [2.24, 2.45) is 11.7 Å². The quantitative estimate of drug-likeness (QED) is 0.900. The van der Waals surface area contributed by atoms with E-state index < -0.39 is 0 Å². The van der Waals surface area contributed by atoms with Gasteiger partial charge in [0.25, 0.3) is 0 Å². The van der Waals surface area contributed by atoms with Crippen molar-refractivity contribution in [1.82, 2.24) is 0 Å². The number of benzene rings is 1. The van der Waals surface area contributed by atoms with Gasteiger partial charge in [-0.3, -0.25) is 0 Å². The van der Waals surface area contributed by atoms with E-state index in [1.54, 1.807) is 7.11 Å². The molecule has 0 fully saturated rings. The normalized spacial score (nSPS) is 14.8. The zero-order valence-electron chi connectivity index (χ0n) is 10.2. The Hall–Kier alpha value is -0.380. The van der Waals surface area contributed by atoms with Gasteiger partial charge in [-0.15, -0.1) is 0 Å². The topological polar surface area (TPSA) is 35.2 Å². The van der Waals surface area contributed by atoms with E-state index in [0.29, 0.717) is 5.92 Å². The lowest BCUT2D eigenvalue weighted by Gasteiger charge is -2.21. The molecule has 16 heavy (non-hydrogen) atoms. The number of hydrogen-bond donors (Lipinski definition) is 1. The first kappa shape index (κ1) is 13.7. The summed E-state index contributed by atoms with van der Waals surface area (Å²) in [6, 6.07) is 6.36. The molecule has 0 aliphatic carbocycles. The fourth-order valence-corrected chi connectivity index (χ4v) is 2.22. The molecular formula is C13H20BrNO. The van der Waals surface area contributed by atoms with Gasteiger partial charge in [0.15, 0.2) is 0 Å². The lowest BCUT2D eigenvalue weighted by molar-refractivity contribution is 0.174. The van der Waals surface area contributed by atoms with Gasteiger partial charge in [-0.1, -0.05) is 40.5 Å².